The summed E-state index contributed by atoms with van der Waals surface area (Å²) in [5, 5.41) is 10.3. The van der Waals surface area contributed by atoms with Crippen molar-refractivity contribution in [1.82, 2.24) is 4.90 Å². The zero-order valence-electron chi connectivity index (χ0n) is 17.3. The average Bonchev–Trinajstić information content (AvgIpc) is 2.95. The first-order valence-corrected chi connectivity index (χ1v) is 9.36. The number of rotatable bonds is 3. The number of carbonyl (C=O) groups is 1. The highest BCUT2D eigenvalue weighted by Crippen LogP contribution is 2.43. The van der Waals surface area contributed by atoms with Gasteiger partial charge in [0, 0.05) is 31.1 Å². The summed E-state index contributed by atoms with van der Waals surface area (Å²) < 4.78 is 11.8. The predicted molar refractivity (Wildman–Crippen MR) is 104 cm³/mol. The van der Waals surface area contributed by atoms with Crippen LogP contribution in [0.15, 0.2) is 10.7 Å². The topological polar surface area (TPSA) is 62.9 Å². The Morgan fingerprint density at radius 3 is 2.44 bits per heavy atom. The van der Waals surface area contributed by atoms with Crippen molar-refractivity contribution in [2.75, 3.05) is 7.05 Å². The molecule has 0 fully saturated rings. The summed E-state index contributed by atoms with van der Waals surface area (Å²) in [5.74, 6) is 1.86. The highest BCUT2D eigenvalue weighted by atomic mass is 16.5. The predicted octanol–water partition coefficient (Wildman–Crippen LogP) is 4.27. The van der Waals surface area contributed by atoms with Crippen molar-refractivity contribution in [1.29, 1.82) is 0 Å². The molecular formula is C22H29NO4. The number of carbonyl (C=O) groups excluding carboxylic acids is 1. The number of phenols is 1. The standard InChI is InChI=1S/C22H29NO4/c1-12-11-26-16(5)18(12)10-23(7)21(25)22(6)9-8-17-15(4)19(24)13(2)14(3)20(17)27-22/h11,24H,8-10H2,1-7H3. The van der Waals surface area contributed by atoms with E-state index in [1.165, 1.54) is 0 Å². The van der Waals surface area contributed by atoms with Crippen molar-refractivity contribution in [2.45, 2.75) is 66.5 Å². The Morgan fingerprint density at radius 1 is 1.19 bits per heavy atom. The Labute approximate surface area is 160 Å². The van der Waals surface area contributed by atoms with Gasteiger partial charge in [-0.2, -0.15) is 0 Å². The fraction of sp³-hybridized carbons (Fsp3) is 0.500. The van der Waals surface area contributed by atoms with E-state index in [0.717, 1.165) is 44.9 Å². The number of likely N-dealkylation sites (N-methyl/N-ethyl adjacent to an activating group) is 1. The maximum atomic E-state index is 13.2. The van der Waals surface area contributed by atoms with Crippen LogP contribution in [-0.4, -0.2) is 28.6 Å². The number of hydrogen-bond acceptors (Lipinski definition) is 4. The fourth-order valence-corrected chi connectivity index (χ4v) is 3.94. The summed E-state index contributed by atoms with van der Waals surface area (Å²) in [5.41, 5.74) is 4.72. The van der Waals surface area contributed by atoms with Crippen molar-refractivity contribution in [3.05, 3.63) is 45.4 Å². The summed E-state index contributed by atoms with van der Waals surface area (Å²) in [6.45, 7) is 12.0. The Morgan fingerprint density at radius 2 is 1.85 bits per heavy atom. The largest absolute Gasteiger partial charge is 0.507 e. The lowest BCUT2D eigenvalue weighted by Gasteiger charge is -2.38. The number of ether oxygens (including phenoxy) is 1. The molecule has 1 atom stereocenters. The van der Waals surface area contributed by atoms with Gasteiger partial charge in [-0.15, -0.1) is 0 Å². The number of hydrogen-bond donors (Lipinski definition) is 1. The molecule has 0 aliphatic carbocycles. The Bertz CT molecular complexity index is 892. The molecular weight excluding hydrogens is 342 g/mol. The molecule has 3 rings (SSSR count). The Kier molecular flexibility index (Phi) is 4.74. The highest BCUT2D eigenvalue weighted by molar-refractivity contribution is 5.85. The normalized spacial score (nSPS) is 18.8. The molecule has 2 aromatic rings. The second kappa shape index (κ2) is 6.63. The molecule has 27 heavy (non-hydrogen) atoms. The van der Waals surface area contributed by atoms with Gasteiger partial charge in [-0.05, 0) is 70.2 Å². The number of phenolic OH excluding ortho intramolecular Hbond substituents is 1. The first kappa shape index (κ1) is 19.3. The molecule has 1 aromatic heterocycles. The molecule has 0 radical (unpaired) electrons. The van der Waals surface area contributed by atoms with Crippen molar-refractivity contribution < 1.29 is 19.1 Å². The van der Waals surface area contributed by atoms with Crippen LogP contribution in [0.3, 0.4) is 0 Å². The number of amides is 1. The van der Waals surface area contributed by atoms with Gasteiger partial charge < -0.3 is 19.2 Å². The molecule has 1 aromatic carbocycles. The van der Waals surface area contributed by atoms with Gasteiger partial charge in [0.1, 0.15) is 17.3 Å². The molecule has 5 heteroatoms. The lowest BCUT2D eigenvalue weighted by Crippen LogP contribution is -2.51. The molecule has 0 saturated heterocycles. The maximum absolute atomic E-state index is 13.2. The summed E-state index contributed by atoms with van der Waals surface area (Å²) in [6.07, 6.45) is 3.00. The molecule has 0 saturated carbocycles. The molecule has 1 unspecified atom stereocenters. The molecule has 2 heterocycles. The van der Waals surface area contributed by atoms with Crippen LogP contribution in [0.2, 0.25) is 0 Å². The average molecular weight is 371 g/mol. The summed E-state index contributed by atoms with van der Waals surface area (Å²) in [7, 11) is 1.80. The molecule has 146 valence electrons. The van der Waals surface area contributed by atoms with Crippen molar-refractivity contribution in [3.63, 3.8) is 0 Å². The van der Waals surface area contributed by atoms with Gasteiger partial charge in [0.05, 0.1) is 6.26 Å². The molecule has 1 aliphatic heterocycles. The van der Waals surface area contributed by atoms with Crippen LogP contribution < -0.4 is 4.74 Å². The van der Waals surface area contributed by atoms with Gasteiger partial charge in [0.15, 0.2) is 5.60 Å². The summed E-state index contributed by atoms with van der Waals surface area (Å²) in [4.78, 5) is 15.0. The second-order valence-electron chi connectivity index (χ2n) is 7.98. The van der Waals surface area contributed by atoms with E-state index in [9.17, 15) is 9.90 Å². The first-order chi connectivity index (χ1) is 12.6. The lowest BCUT2D eigenvalue weighted by molar-refractivity contribution is -0.147. The SMILES string of the molecule is Cc1coc(C)c1CN(C)C(=O)C1(C)CCc2c(C)c(O)c(C)c(C)c2O1. The van der Waals surface area contributed by atoms with Gasteiger partial charge >= 0.3 is 0 Å². The highest BCUT2D eigenvalue weighted by Gasteiger charge is 2.42. The molecule has 1 N–H and O–H groups in total. The third-order valence-corrected chi connectivity index (χ3v) is 6.03. The zero-order chi connectivity index (χ0) is 20.1. The quantitative estimate of drug-likeness (QED) is 0.875. The van der Waals surface area contributed by atoms with Gasteiger partial charge in [-0.25, -0.2) is 0 Å². The van der Waals surface area contributed by atoms with E-state index < -0.39 is 5.60 Å². The second-order valence-corrected chi connectivity index (χ2v) is 7.98. The van der Waals surface area contributed by atoms with E-state index in [4.69, 9.17) is 9.15 Å². The smallest absolute Gasteiger partial charge is 0.266 e. The maximum Gasteiger partial charge on any atom is 0.266 e. The minimum atomic E-state index is -0.923. The van der Waals surface area contributed by atoms with Gasteiger partial charge in [-0.3, -0.25) is 4.79 Å². The first-order valence-electron chi connectivity index (χ1n) is 9.36. The minimum absolute atomic E-state index is 0.0454. The van der Waals surface area contributed by atoms with E-state index in [1.807, 2.05) is 41.5 Å². The van der Waals surface area contributed by atoms with E-state index in [1.54, 1.807) is 18.2 Å². The molecule has 5 nitrogen and oxygen atoms in total. The molecule has 0 bridgehead atoms. The Hall–Kier alpha value is -2.43. The zero-order valence-corrected chi connectivity index (χ0v) is 17.3. The van der Waals surface area contributed by atoms with E-state index in [2.05, 4.69) is 0 Å². The van der Waals surface area contributed by atoms with Crippen LogP contribution in [-0.2, 0) is 17.8 Å². The summed E-state index contributed by atoms with van der Waals surface area (Å²) in [6, 6.07) is 0. The van der Waals surface area contributed by atoms with Crippen LogP contribution in [0.4, 0.5) is 0 Å². The van der Waals surface area contributed by atoms with Crippen LogP contribution in [0, 0.1) is 34.6 Å². The van der Waals surface area contributed by atoms with E-state index in [-0.39, 0.29) is 5.91 Å². The number of nitrogens with zero attached hydrogens (tertiary/aromatic N) is 1. The van der Waals surface area contributed by atoms with Gasteiger partial charge in [0.25, 0.3) is 5.91 Å². The number of fused-ring (bicyclic) bond motifs is 1. The van der Waals surface area contributed by atoms with Crippen LogP contribution in [0.5, 0.6) is 11.5 Å². The van der Waals surface area contributed by atoms with Gasteiger partial charge in [-0.1, -0.05) is 0 Å². The van der Waals surface area contributed by atoms with E-state index >= 15 is 0 Å². The van der Waals surface area contributed by atoms with Crippen LogP contribution >= 0.6 is 0 Å². The van der Waals surface area contributed by atoms with Crippen molar-refractivity contribution >= 4 is 5.91 Å². The van der Waals surface area contributed by atoms with Gasteiger partial charge in [0.2, 0.25) is 0 Å². The monoisotopic (exact) mass is 371 g/mol. The third kappa shape index (κ3) is 3.09. The third-order valence-electron chi connectivity index (χ3n) is 6.03. The molecule has 1 amide bonds. The van der Waals surface area contributed by atoms with Crippen LogP contribution in [0.25, 0.3) is 0 Å². The number of furan rings is 1. The minimum Gasteiger partial charge on any atom is -0.507 e. The summed E-state index contributed by atoms with van der Waals surface area (Å²) >= 11 is 0. The molecule has 0 spiro atoms. The lowest BCUT2D eigenvalue weighted by atomic mass is 9.86. The van der Waals surface area contributed by atoms with Crippen molar-refractivity contribution in [2.24, 2.45) is 0 Å². The van der Waals surface area contributed by atoms with Crippen LogP contribution in [0.1, 0.15) is 52.5 Å². The van der Waals surface area contributed by atoms with E-state index in [0.29, 0.717) is 25.1 Å². The Balaban J connectivity index is 1.89. The fourth-order valence-electron chi connectivity index (χ4n) is 3.94. The number of benzene rings is 1. The number of aromatic hydroxyl groups is 1. The number of aryl methyl sites for hydroxylation is 2. The molecule has 1 aliphatic rings. The van der Waals surface area contributed by atoms with Crippen molar-refractivity contribution in [3.8, 4) is 11.5 Å².